The molecule has 2 aliphatic rings. The van der Waals surface area contributed by atoms with Crippen LogP contribution in [0.5, 0.6) is 0 Å². The third-order valence-electron chi connectivity index (χ3n) is 5.48. The molecule has 0 saturated carbocycles. The van der Waals surface area contributed by atoms with Gasteiger partial charge in [-0.25, -0.2) is 4.68 Å². The second-order valence-corrected chi connectivity index (χ2v) is 7.48. The number of hydrogen-bond donors (Lipinski definition) is 0. The first kappa shape index (κ1) is 22.5. The van der Waals surface area contributed by atoms with E-state index in [4.69, 9.17) is 4.84 Å². The molecule has 12 heteroatoms. The van der Waals surface area contributed by atoms with E-state index in [0.717, 1.165) is 12.1 Å². The maximum Gasteiger partial charge on any atom is 0.416 e. The number of rotatable bonds is 5. The normalized spacial score (nSPS) is 17.2. The summed E-state index contributed by atoms with van der Waals surface area (Å²) in [5, 5.41) is 15.2. The molecule has 0 N–H and O–H groups in total. The number of aromatic nitrogens is 2. The predicted molar refractivity (Wildman–Crippen MR) is 109 cm³/mol. The van der Waals surface area contributed by atoms with E-state index in [1.165, 1.54) is 33.0 Å². The zero-order valence-electron chi connectivity index (χ0n) is 17.3. The topological polar surface area (TPSA) is 94.7 Å². The van der Waals surface area contributed by atoms with E-state index >= 15 is 0 Å². The van der Waals surface area contributed by atoms with Gasteiger partial charge in [-0.2, -0.15) is 23.5 Å². The highest BCUT2D eigenvalue weighted by molar-refractivity contribution is 5.97. The Balaban J connectivity index is 1.57. The number of hydroxylamine groups is 2. The van der Waals surface area contributed by atoms with Gasteiger partial charge in [-0.3, -0.25) is 19.4 Å². The molecule has 1 aromatic heterocycles. The average molecular weight is 460 g/mol. The Labute approximate surface area is 186 Å². The lowest BCUT2D eigenvalue weighted by molar-refractivity contribution is -0.181. The Kier molecular flexibility index (Phi) is 6.17. The maximum atomic E-state index is 13.2. The van der Waals surface area contributed by atoms with E-state index in [1.54, 1.807) is 6.08 Å². The van der Waals surface area contributed by atoms with Crippen LogP contribution in [0, 0.1) is 11.3 Å². The zero-order chi connectivity index (χ0) is 23.6. The summed E-state index contributed by atoms with van der Waals surface area (Å²) >= 11 is 0. The third-order valence-corrected chi connectivity index (χ3v) is 5.48. The van der Waals surface area contributed by atoms with E-state index in [-0.39, 0.29) is 35.9 Å². The van der Waals surface area contributed by atoms with Crippen molar-refractivity contribution in [2.24, 2.45) is 0 Å². The van der Waals surface area contributed by atoms with Crippen molar-refractivity contribution in [2.75, 3.05) is 44.2 Å². The van der Waals surface area contributed by atoms with Gasteiger partial charge in [0.1, 0.15) is 11.6 Å². The minimum absolute atomic E-state index is 0.0672. The fourth-order valence-electron chi connectivity index (χ4n) is 3.85. The van der Waals surface area contributed by atoms with Crippen LogP contribution < -0.4 is 4.90 Å². The number of carbonyl (C=O) groups excluding carboxylic acids is 2. The minimum Gasteiger partial charge on any atom is -0.371 e. The zero-order valence-corrected chi connectivity index (χ0v) is 17.3. The molecule has 0 aliphatic carbocycles. The van der Waals surface area contributed by atoms with Gasteiger partial charge in [-0.15, -0.1) is 5.06 Å². The molecule has 0 atom stereocenters. The number of fused-ring (bicyclic) bond motifs is 1. The SMILES string of the molecule is N#Cc1cnn2c1N(C(=O)CN1CCN(OC=O)CC1)CC=C2c1cccc(C(F)(F)F)c1. The molecule has 9 nitrogen and oxygen atoms in total. The number of anilines is 1. The molecule has 1 aromatic carbocycles. The largest absolute Gasteiger partial charge is 0.416 e. The summed E-state index contributed by atoms with van der Waals surface area (Å²) < 4.78 is 40.9. The molecule has 2 aromatic rings. The summed E-state index contributed by atoms with van der Waals surface area (Å²) in [4.78, 5) is 31.6. The van der Waals surface area contributed by atoms with E-state index in [1.807, 2.05) is 11.0 Å². The summed E-state index contributed by atoms with van der Waals surface area (Å²) in [6.45, 7) is 2.41. The van der Waals surface area contributed by atoms with Crippen molar-refractivity contribution in [3.8, 4) is 6.07 Å². The maximum absolute atomic E-state index is 13.2. The number of alkyl halides is 3. The van der Waals surface area contributed by atoms with Crippen LogP contribution >= 0.6 is 0 Å². The summed E-state index contributed by atoms with van der Waals surface area (Å²) in [5.74, 6) is -0.0577. The van der Waals surface area contributed by atoms with Crippen molar-refractivity contribution >= 4 is 23.9 Å². The van der Waals surface area contributed by atoms with Crippen LogP contribution in [0.25, 0.3) is 5.70 Å². The van der Waals surface area contributed by atoms with E-state index in [2.05, 4.69) is 5.10 Å². The summed E-state index contributed by atoms with van der Waals surface area (Å²) in [7, 11) is 0. The fourth-order valence-corrected chi connectivity index (χ4v) is 3.85. The van der Waals surface area contributed by atoms with Gasteiger partial charge in [0, 0.05) is 38.3 Å². The van der Waals surface area contributed by atoms with Gasteiger partial charge in [0.05, 0.1) is 24.0 Å². The average Bonchev–Trinajstić information content (AvgIpc) is 3.24. The summed E-state index contributed by atoms with van der Waals surface area (Å²) in [6, 6.07) is 6.82. The van der Waals surface area contributed by atoms with Crippen LogP contribution in [0.15, 0.2) is 36.5 Å². The van der Waals surface area contributed by atoms with Crippen LogP contribution in [0.1, 0.15) is 16.7 Å². The second kappa shape index (κ2) is 9.05. The minimum atomic E-state index is -4.50. The summed E-state index contributed by atoms with van der Waals surface area (Å²) in [5.41, 5.74) is -0.0187. The van der Waals surface area contributed by atoms with Crippen molar-refractivity contribution in [1.82, 2.24) is 19.7 Å². The molecular weight excluding hydrogens is 441 g/mol. The van der Waals surface area contributed by atoms with Crippen molar-refractivity contribution in [2.45, 2.75) is 6.18 Å². The lowest BCUT2D eigenvalue weighted by Gasteiger charge is -2.34. The fraction of sp³-hybridized carbons (Fsp3) is 0.333. The highest BCUT2D eigenvalue weighted by Crippen LogP contribution is 2.34. The van der Waals surface area contributed by atoms with Crippen molar-refractivity contribution in [1.29, 1.82) is 5.26 Å². The van der Waals surface area contributed by atoms with Crippen LogP contribution in [0.4, 0.5) is 19.0 Å². The molecular formula is C21H19F3N6O3. The number of halogens is 3. The molecule has 0 spiro atoms. The molecule has 0 radical (unpaired) electrons. The number of nitriles is 1. The third kappa shape index (κ3) is 4.59. The Morgan fingerprint density at radius 2 is 2.00 bits per heavy atom. The first-order chi connectivity index (χ1) is 15.8. The molecule has 0 bridgehead atoms. The van der Waals surface area contributed by atoms with Gasteiger partial charge in [0.2, 0.25) is 5.91 Å². The number of benzene rings is 1. The summed E-state index contributed by atoms with van der Waals surface area (Å²) in [6.07, 6.45) is -1.60. The highest BCUT2D eigenvalue weighted by Gasteiger charge is 2.33. The predicted octanol–water partition coefficient (Wildman–Crippen LogP) is 1.71. The number of carbonyl (C=O) groups is 2. The van der Waals surface area contributed by atoms with Crippen molar-refractivity contribution in [3.05, 3.63) is 53.2 Å². The smallest absolute Gasteiger partial charge is 0.371 e. The Morgan fingerprint density at radius 1 is 1.24 bits per heavy atom. The van der Waals surface area contributed by atoms with Crippen LogP contribution in [-0.2, 0) is 20.6 Å². The Hall–Kier alpha value is -3.69. The number of nitrogens with zero attached hydrogens (tertiary/aromatic N) is 6. The lowest BCUT2D eigenvalue weighted by atomic mass is 10.1. The molecule has 1 fully saturated rings. The molecule has 1 amide bonds. The molecule has 2 aliphatic heterocycles. The van der Waals surface area contributed by atoms with Gasteiger partial charge >= 0.3 is 12.6 Å². The highest BCUT2D eigenvalue weighted by atomic mass is 19.4. The van der Waals surface area contributed by atoms with Crippen molar-refractivity contribution < 1.29 is 27.6 Å². The van der Waals surface area contributed by atoms with Gasteiger partial charge in [-0.1, -0.05) is 12.1 Å². The van der Waals surface area contributed by atoms with E-state index in [9.17, 15) is 28.0 Å². The Bertz CT molecular complexity index is 1130. The molecule has 1 saturated heterocycles. The second-order valence-electron chi connectivity index (χ2n) is 7.48. The lowest BCUT2D eigenvalue weighted by Crippen LogP contribution is -2.50. The van der Waals surface area contributed by atoms with Crippen LogP contribution in [0.3, 0.4) is 0 Å². The standard InChI is InChI=1S/C21H19F3N6O3/c22-21(23,24)17-3-1-2-15(10-17)18-4-5-29(20-16(11-25)12-26-30(18)20)19(32)13-27-6-8-28(9-7-27)33-14-31/h1-4,10,12,14H,5-9,13H2. The molecule has 33 heavy (non-hydrogen) atoms. The van der Waals surface area contributed by atoms with Crippen LogP contribution in [-0.4, -0.2) is 71.4 Å². The monoisotopic (exact) mass is 460 g/mol. The van der Waals surface area contributed by atoms with Gasteiger partial charge in [-0.05, 0) is 18.2 Å². The van der Waals surface area contributed by atoms with Gasteiger partial charge in [0.25, 0.3) is 0 Å². The van der Waals surface area contributed by atoms with E-state index < -0.39 is 11.7 Å². The van der Waals surface area contributed by atoms with E-state index in [0.29, 0.717) is 38.3 Å². The quantitative estimate of drug-likeness (QED) is 0.627. The Morgan fingerprint density at radius 3 is 2.67 bits per heavy atom. The van der Waals surface area contributed by atoms with Crippen LogP contribution in [0.2, 0.25) is 0 Å². The molecule has 172 valence electrons. The van der Waals surface area contributed by atoms with Crippen molar-refractivity contribution in [3.63, 3.8) is 0 Å². The van der Waals surface area contributed by atoms with Gasteiger partial charge in [0.15, 0.2) is 5.82 Å². The number of piperazine rings is 1. The first-order valence-corrected chi connectivity index (χ1v) is 10.1. The number of amides is 1. The first-order valence-electron chi connectivity index (χ1n) is 10.1. The molecule has 3 heterocycles. The molecule has 4 rings (SSSR count). The van der Waals surface area contributed by atoms with Gasteiger partial charge < -0.3 is 4.84 Å². The molecule has 0 unspecified atom stereocenters. The number of hydrogen-bond acceptors (Lipinski definition) is 7.